The van der Waals surface area contributed by atoms with Gasteiger partial charge in [-0.3, -0.25) is 0 Å². The molecule has 0 saturated heterocycles. The summed E-state index contributed by atoms with van der Waals surface area (Å²) in [4.78, 5) is 0. The Labute approximate surface area is 97.3 Å². The third kappa shape index (κ3) is 4.53. The second-order valence-corrected chi connectivity index (χ2v) is 3.59. The topological polar surface area (TPSA) is 27.7 Å². The normalized spacial score (nSPS) is 12.2. The summed E-state index contributed by atoms with van der Waals surface area (Å²) in [6, 6.07) is 7.49. The van der Waals surface area contributed by atoms with Gasteiger partial charge in [-0.1, -0.05) is 13.3 Å². The van der Waals surface area contributed by atoms with E-state index in [1.165, 1.54) is 0 Å². The van der Waals surface area contributed by atoms with Gasteiger partial charge in [0.2, 0.25) is 0 Å². The van der Waals surface area contributed by atoms with Crippen molar-refractivity contribution in [3.8, 4) is 11.5 Å². The van der Waals surface area contributed by atoms with Gasteiger partial charge in [0.1, 0.15) is 11.5 Å². The summed E-state index contributed by atoms with van der Waals surface area (Å²) >= 11 is 0. The Balaban J connectivity index is 2.34. The molecule has 0 spiro atoms. The average molecular weight is 224 g/mol. The van der Waals surface area contributed by atoms with Crippen molar-refractivity contribution in [3.05, 3.63) is 24.3 Å². The van der Waals surface area contributed by atoms with E-state index >= 15 is 0 Å². The fourth-order valence-corrected chi connectivity index (χ4v) is 1.27. The molecule has 0 radical (unpaired) electrons. The Morgan fingerprint density at radius 2 is 1.75 bits per heavy atom. The molecular weight excluding hydrogens is 204 g/mol. The van der Waals surface area contributed by atoms with Gasteiger partial charge in [0.25, 0.3) is 0 Å². The van der Waals surface area contributed by atoms with Gasteiger partial charge in [0.15, 0.2) is 6.29 Å². The molecule has 90 valence electrons. The molecule has 3 nitrogen and oxygen atoms in total. The summed E-state index contributed by atoms with van der Waals surface area (Å²) in [5.41, 5.74) is 0. The highest BCUT2D eigenvalue weighted by molar-refractivity contribution is 5.31. The van der Waals surface area contributed by atoms with E-state index in [1.54, 1.807) is 7.11 Å². The first-order valence-corrected chi connectivity index (χ1v) is 5.68. The lowest BCUT2D eigenvalue weighted by Crippen LogP contribution is -2.16. The van der Waals surface area contributed by atoms with E-state index in [1.807, 2.05) is 31.2 Å². The van der Waals surface area contributed by atoms with Gasteiger partial charge in [-0.15, -0.1) is 0 Å². The minimum Gasteiger partial charge on any atom is -0.497 e. The molecule has 1 aromatic carbocycles. The SMILES string of the molecule is CCCCOC(C)Oc1ccc(OC)cc1. The third-order valence-corrected chi connectivity index (χ3v) is 2.21. The van der Waals surface area contributed by atoms with Gasteiger partial charge in [0, 0.05) is 0 Å². The van der Waals surface area contributed by atoms with Crippen LogP contribution in [-0.4, -0.2) is 20.0 Å². The predicted octanol–water partition coefficient (Wildman–Crippen LogP) is 3.24. The van der Waals surface area contributed by atoms with Gasteiger partial charge in [-0.25, -0.2) is 0 Å². The number of methoxy groups -OCH3 is 1. The summed E-state index contributed by atoms with van der Waals surface area (Å²) in [7, 11) is 1.65. The van der Waals surface area contributed by atoms with Crippen LogP contribution in [0.1, 0.15) is 26.7 Å². The van der Waals surface area contributed by atoms with Crippen LogP contribution in [0.5, 0.6) is 11.5 Å². The van der Waals surface area contributed by atoms with E-state index in [0.717, 1.165) is 30.9 Å². The second-order valence-electron chi connectivity index (χ2n) is 3.59. The van der Waals surface area contributed by atoms with Crippen molar-refractivity contribution in [3.63, 3.8) is 0 Å². The zero-order chi connectivity index (χ0) is 11.8. The zero-order valence-corrected chi connectivity index (χ0v) is 10.2. The van der Waals surface area contributed by atoms with Crippen molar-refractivity contribution < 1.29 is 14.2 Å². The molecular formula is C13H20O3. The molecule has 16 heavy (non-hydrogen) atoms. The molecule has 1 unspecified atom stereocenters. The Morgan fingerprint density at radius 1 is 1.12 bits per heavy atom. The fraction of sp³-hybridized carbons (Fsp3) is 0.538. The Morgan fingerprint density at radius 3 is 2.31 bits per heavy atom. The summed E-state index contributed by atoms with van der Waals surface area (Å²) < 4.78 is 16.1. The molecule has 0 amide bonds. The second kappa shape index (κ2) is 7.12. The van der Waals surface area contributed by atoms with Gasteiger partial charge >= 0.3 is 0 Å². The maximum Gasteiger partial charge on any atom is 0.196 e. The molecule has 0 heterocycles. The first-order valence-electron chi connectivity index (χ1n) is 5.68. The quantitative estimate of drug-likeness (QED) is 0.525. The van der Waals surface area contributed by atoms with E-state index < -0.39 is 0 Å². The predicted molar refractivity (Wildman–Crippen MR) is 63.9 cm³/mol. The van der Waals surface area contributed by atoms with Crippen LogP contribution in [0.2, 0.25) is 0 Å². The summed E-state index contributed by atoms with van der Waals surface area (Å²) in [5.74, 6) is 1.62. The summed E-state index contributed by atoms with van der Waals surface area (Å²) in [5, 5.41) is 0. The molecule has 0 aliphatic heterocycles. The molecule has 0 N–H and O–H groups in total. The molecule has 1 rings (SSSR count). The maximum atomic E-state index is 5.58. The number of hydrogen-bond acceptors (Lipinski definition) is 3. The zero-order valence-electron chi connectivity index (χ0n) is 10.2. The van der Waals surface area contributed by atoms with Crippen molar-refractivity contribution in [2.24, 2.45) is 0 Å². The number of ether oxygens (including phenoxy) is 3. The van der Waals surface area contributed by atoms with E-state index in [2.05, 4.69) is 6.92 Å². The van der Waals surface area contributed by atoms with Crippen LogP contribution in [0.25, 0.3) is 0 Å². The minimum atomic E-state index is -0.208. The lowest BCUT2D eigenvalue weighted by Gasteiger charge is -2.15. The standard InChI is InChI=1S/C13H20O3/c1-4-5-10-15-11(2)16-13-8-6-12(14-3)7-9-13/h6-9,11H,4-5,10H2,1-3H3. The summed E-state index contributed by atoms with van der Waals surface area (Å²) in [6.07, 6.45) is 1.99. The lowest BCUT2D eigenvalue weighted by atomic mass is 10.3. The molecule has 0 fully saturated rings. The third-order valence-electron chi connectivity index (χ3n) is 2.21. The van der Waals surface area contributed by atoms with Crippen LogP contribution in [0, 0.1) is 0 Å². The van der Waals surface area contributed by atoms with Crippen molar-refractivity contribution in [2.75, 3.05) is 13.7 Å². The van der Waals surface area contributed by atoms with Crippen molar-refractivity contribution in [1.29, 1.82) is 0 Å². The van der Waals surface area contributed by atoms with Crippen LogP contribution >= 0.6 is 0 Å². The Hall–Kier alpha value is -1.22. The highest BCUT2D eigenvalue weighted by atomic mass is 16.7. The first kappa shape index (κ1) is 12.8. The monoisotopic (exact) mass is 224 g/mol. The smallest absolute Gasteiger partial charge is 0.196 e. The number of unbranched alkanes of at least 4 members (excludes halogenated alkanes) is 1. The van der Waals surface area contributed by atoms with Crippen LogP contribution in [0.3, 0.4) is 0 Å². The fourth-order valence-electron chi connectivity index (χ4n) is 1.27. The van der Waals surface area contributed by atoms with E-state index in [4.69, 9.17) is 14.2 Å². The highest BCUT2D eigenvalue weighted by Crippen LogP contribution is 2.18. The van der Waals surface area contributed by atoms with Gasteiger partial charge in [-0.05, 0) is 37.6 Å². The lowest BCUT2D eigenvalue weighted by molar-refractivity contribution is -0.0673. The Bertz CT molecular complexity index is 282. The average Bonchev–Trinajstić information content (AvgIpc) is 2.30. The van der Waals surface area contributed by atoms with Crippen LogP contribution < -0.4 is 9.47 Å². The van der Waals surface area contributed by atoms with Gasteiger partial charge in [-0.2, -0.15) is 0 Å². The molecule has 0 aromatic heterocycles. The van der Waals surface area contributed by atoms with Crippen LogP contribution in [0.15, 0.2) is 24.3 Å². The molecule has 0 aliphatic carbocycles. The molecule has 0 aliphatic rings. The van der Waals surface area contributed by atoms with Gasteiger partial charge < -0.3 is 14.2 Å². The van der Waals surface area contributed by atoms with Crippen LogP contribution in [0.4, 0.5) is 0 Å². The van der Waals surface area contributed by atoms with E-state index in [-0.39, 0.29) is 6.29 Å². The van der Waals surface area contributed by atoms with Crippen molar-refractivity contribution in [1.82, 2.24) is 0 Å². The largest absolute Gasteiger partial charge is 0.497 e. The van der Waals surface area contributed by atoms with Crippen molar-refractivity contribution >= 4 is 0 Å². The number of hydrogen-bond donors (Lipinski definition) is 0. The Kier molecular flexibility index (Phi) is 5.72. The van der Waals surface area contributed by atoms with E-state index in [0.29, 0.717) is 0 Å². The molecule has 0 saturated carbocycles. The molecule has 3 heteroatoms. The molecule has 0 bridgehead atoms. The highest BCUT2D eigenvalue weighted by Gasteiger charge is 2.03. The summed E-state index contributed by atoms with van der Waals surface area (Å²) in [6.45, 7) is 4.78. The minimum absolute atomic E-state index is 0.208. The van der Waals surface area contributed by atoms with Crippen molar-refractivity contribution in [2.45, 2.75) is 33.0 Å². The number of rotatable bonds is 7. The van der Waals surface area contributed by atoms with Crippen LogP contribution in [-0.2, 0) is 4.74 Å². The molecule has 1 aromatic rings. The molecule has 1 atom stereocenters. The number of benzene rings is 1. The van der Waals surface area contributed by atoms with Gasteiger partial charge in [0.05, 0.1) is 13.7 Å². The van der Waals surface area contributed by atoms with E-state index in [9.17, 15) is 0 Å². The maximum absolute atomic E-state index is 5.58. The first-order chi connectivity index (χ1) is 7.76.